The summed E-state index contributed by atoms with van der Waals surface area (Å²) >= 11 is 7.82. The molecule has 1 aliphatic rings. The van der Waals surface area contributed by atoms with Gasteiger partial charge in [0.1, 0.15) is 6.61 Å². The summed E-state index contributed by atoms with van der Waals surface area (Å²) in [6, 6.07) is 17.3. The zero-order valence-corrected chi connectivity index (χ0v) is 16.6. The summed E-state index contributed by atoms with van der Waals surface area (Å²) in [4.78, 5) is 20.6. The molecule has 1 amide bonds. The number of rotatable bonds is 2. The largest absolute Gasteiger partial charge is 0.444 e. The number of carbonyl (C=O) groups excluding carboxylic acids is 1. The third kappa shape index (κ3) is 4.38. The number of benzene rings is 2. The molecule has 0 saturated heterocycles. The van der Waals surface area contributed by atoms with E-state index < -0.39 is 6.09 Å². The number of fused-ring (bicyclic) bond motifs is 2. The Balaban J connectivity index is 0.00000210. The van der Waals surface area contributed by atoms with Crippen molar-refractivity contribution in [3.8, 4) is 0 Å². The van der Waals surface area contributed by atoms with Crippen LogP contribution in [0.15, 0.2) is 76.8 Å². The van der Waals surface area contributed by atoms with Gasteiger partial charge in [-0.05, 0) is 47.5 Å². The molecule has 2 aromatic carbocycles. The first kappa shape index (κ1) is 19.5. The van der Waals surface area contributed by atoms with Gasteiger partial charge in [0.15, 0.2) is 0 Å². The summed E-state index contributed by atoms with van der Waals surface area (Å²) in [7, 11) is 0. The summed E-state index contributed by atoms with van der Waals surface area (Å²) < 4.78 is 5.54. The third-order valence-electron chi connectivity index (χ3n) is 4.06. The van der Waals surface area contributed by atoms with Crippen molar-refractivity contribution in [2.45, 2.75) is 22.9 Å². The summed E-state index contributed by atoms with van der Waals surface area (Å²) in [5.74, 6) is 0. The van der Waals surface area contributed by atoms with Crippen LogP contribution in [0.3, 0.4) is 0 Å². The lowest BCUT2D eigenvalue weighted by Crippen LogP contribution is -2.31. The second kappa shape index (κ2) is 8.65. The highest BCUT2D eigenvalue weighted by atomic mass is 35.5. The highest BCUT2D eigenvalue weighted by Gasteiger charge is 2.26. The first-order valence-electron chi connectivity index (χ1n) is 8.09. The lowest BCUT2D eigenvalue weighted by Gasteiger charge is -2.22. The monoisotopic (exact) mass is 418 g/mol. The zero-order chi connectivity index (χ0) is 17.9. The van der Waals surface area contributed by atoms with Crippen LogP contribution in [0, 0.1) is 0 Å². The van der Waals surface area contributed by atoms with E-state index in [4.69, 9.17) is 16.3 Å². The van der Waals surface area contributed by atoms with Gasteiger partial charge >= 0.3 is 6.09 Å². The van der Waals surface area contributed by atoms with Crippen LogP contribution in [0.5, 0.6) is 0 Å². The van der Waals surface area contributed by atoms with Crippen molar-refractivity contribution in [3.63, 3.8) is 0 Å². The molecule has 3 aromatic rings. The van der Waals surface area contributed by atoms with Crippen LogP contribution in [-0.2, 0) is 17.9 Å². The second-order valence-corrected chi connectivity index (χ2v) is 7.34. The SMILES string of the molecule is Cl.O=C(OCc1ccncc1)N1Cc2ccccc2Sc2ccc(Cl)cc21. The van der Waals surface area contributed by atoms with Crippen LogP contribution in [0.25, 0.3) is 0 Å². The van der Waals surface area contributed by atoms with E-state index in [1.54, 1.807) is 29.1 Å². The molecule has 1 aromatic heterocycles. The lowest BCUT2D eigenvalue weighted by atomic mass is 10.2. The molecular weight excluding hydrogens is 403 g/mol. The predicted molar refractivity (Wildman–Crippen MR) is 110 cm³/mol. The number of amides is 1. The number of ether oxygens (including phenoxy) is 1. The van der Waals surface area contributed by atoms with Gasteiger partial charge in [-0.1, -0.05) is 41.6 Å². The van der Waals surface area contributed by atoms with E-state index >= 15 is 0 Å². The van der Waals surface area contributed by atoms with Crippen molar-refractivity contribution >= 4 is 47.6 Å². The lowest BCUT2D eigenvalue weighted by molar-refractivity contribution is 0.146. The van der Waals surface area contributed by atoms with Gasteiger partial charge in [0, 0.05) is 27.2 Å². The maximum Gasteiger partial charge on any atom is 0.414 e. The van der Waals surface area contributed by atoms with Crippen LogP contribution in [0.4, 0.5) is 10.5 Å². The standard InChI is InChI=1S/C20H15ClN2O2S.ClH/c21-16-5-6-19-17(11-16)23(12-15-3-1-2-4-18(15)26-19)20(24)25-13-14-7-9-22-10-8-14;/h1-11H,12-13H2;1H. The van der Waals surface area contributed by atoms with Crippen molar-refractivity contribution in [2.75, 3.05) is 4.90 Å². The van der Waals surface area contributed by atoms with Crippen LogP contribution < -0.4 is 4.90 Å². The van der Waals surface area contributed by atoms with Gasteiger partial charge in [0.2, 0.25) is 0 Å². The maximum atomic E-state index is 12.8. The Bertz CT molecular complexity index is 954. The minimum absolute atomic E-state index is 0. The molecule has 138 valence electrons. The number of anilines is 1. The van der Waals surface area contributed by atoms with Gasteiger partial charge < -0.3 is 4.74 Å². The molecule has 0 bridgehead atoms. The Kier molecular flexibility index (Phi) is 6.26. The molecule has 2 heterocycles. The van der Waals surface area contributed by atoms with Gasteiger partial charge in [-0.3, -0.25) is 9.88 Å². The molecule has 7 heteroatoms. The van der Waals surface area contributed by atoms with E-state index in [-0.39, 0.29) is 19.0 Å². The fourth-order valence-corrected chi connectivity index (χ4v) is 3.98. The number of carbonyl (C=O) groups is 1. The van der Waals surface area contributed by atoms with Crippen molar-refractivity contribution in [2.24, 2.45) is 0 Å². The molecule has 0 aliphatic carbocycles. The average Bonchev–Trinajstić information content (AvgIpc) is 2.83. The van der Waals surface area contributed by atoms with E-state index in [0.717, 1.165) is 26.6 Å². The van der Waals surface area contributed by atoms with E-state index in [9.17, 15) is 4.79 Å². The number of aromatic nitrogens is 1. The van der Waals surface area contributed by atoms with Crippen molar-refractivity contribution in [1.82, 2.24) is 4.98 Å². The highest BCUT2D eigenvalue weighted by molar-refractivity contribution is 7.99. The van der Waals surface area contributed by atoms with Gasteiger partial charge in [-0.2, -0.15) is 0 Å². The Labute approximate surface area is 172 Å². The Morgan fingerprint density at radius 1 is 1.11 bits per heavy atom. The van der Waals surface area contributed by atoms with Crippen LogP contribution in [0.2, 0.25) is 5.02 Å². The van der Waals surface area contributed by atoms with Crippen molar-refractivity contribution in [3.05, 3.63) is 83.1 Å². The Morgan fingerprint density at radius 2 is 1.89 bits per heavy atom. The van der Waals surface area contributed by atoms with Crippen LogP contribution >= 0.6 is 35.8 Å². The highest BCUT2D eigenvalue weighted by Crippen LogP contribution is 2.42. The molecule has 4 nitrogen and oxygen atoms in total. The van der Waals surface area contributed by atoms with Crippen molar-refractivity contribution < 1.29 is 9.53 Å². The zero-order valence-electron chi connectivity index (χ0n) is 14.2. The molecule has 0 saturated carbocycles. The second-order valence-electron chi connectivity index (χ2n) is 5.82. The van der Waals surface area contributed by atoms with Gasteiger partial charge in [0.05, 0.1) is 12.2 Å². The number of hydrogen-bond acceptors (Lipinski definition) is 4. The number of pyridine rings is 1. The van der Waals surface area contributed by atoms with Gasteiger partial charge in [-0.25, -0.2) is 4.79 Å². The quantitative estimate of drug-likeness (QED) is 0.514. The Hall–Kier alpha value is -2.21. The van der Waals surface area contributed by atoms with E-state index in [0.29, 0.717) is 11.6 Å². The summed E-state index contributed by atoms with van der Waals surface area (Å²) in [5.41, 5.74) is 2.73. The fraction of sp³-hybridized carbons (Fsp3) is 0.100. The molecule has 0 spiro atoms. The van der Waals surface area contributed by atoms with Crippen molar-refractivity contribution in [1.29, 1.82) is 0 Å². The topological polar surface area (TPSA) is 42.4 Å². The first-order valence-corrected chi connectivity index (χ1v) is 9.28. The molecule has 0 unspecified atom stereocenters. The van der Waals surface area contributed by atoms with Crippen LogP contribution in [-0.4, -0.2) is 11.1 Å². The number of hydrogen-bond donors (Lipinski definition) is 0. The summed E-state index contributed by atoms with van der Waals surface area (Å²) in [5, 5.41) is 0.585. The van der Waals surface area contributed by atoms with Gasteiger partial charge in [0.25, 0.3) is 0 Å². The number of halogens is 2. The summed E-state index contributed by atoms with van der Waals surface area (Å²) in [6.07, 6.45) is 2.95. The fourth-order valence-electron chi connectivity index (χ4n) is 2.76. The molecular formula is C20H16Cl2N2O2S. The molecule has 0 atom stereocenters. The minimum Gasteiger partial charge on any atom is -0.444 e. The molecule has 0 N–H and O–H groups in total. The maximum absolute atomic E-state index is 12.8. The average molecular weight is 419 g/mol. The molecule has 0 radical (unpaired) electrons. The molecule has 1 aliphatic heterocycles. The van der Waals surface area contributed by atoms with E-state index in [1.807, 2.05) is 48.5 Å². The summed E-state index contributed by atoms with van der Waals surface area (Å²) in [6.45, 7) is 0.633. The first-order chi connectivity index (χ1) is 12.7. The van der Waals surface area contributed by atoms with Crippen LogP contribution in [0.1, 0.15) is 11.1 Å². The van der Waals surface area contributed by atoms with E-state index in [2.05, 4.69) is 11.1 Å². The minimum atomic E-state index is -0.400. The van der Waals surface area contributed by atoms with E-state index in [1.165, 1.54) is 0 Å². The number of nitrogens with zero attached hydrogens (tertiary/aromatic N) is 2. The molecule has 0 fully saturated rings. The Morgan fingerprint density at radius 3 is 2.70 bits per heavy atom. The molecule has 27 heavy (non-hydrogen) atoms. The van der Waals surface area contributed by atoms with Gasteiger partial charge in [-0.15, -0.1) is 12.4 Å². The third-order valence-corrected chi connectivity index (χ3v) is 5.48. The normalized spacial score (nSPS) is 12.3. The molecule has 4 rings (SSSR count). The smallest absolute Gasteiger partial charge is 0.414 e. The predicted octanol–water partition coefficient (Wildman–Crippen LogP) is 5.96.